The molecule has 0 bridgehead atoms. The van der Waals surface area contributed by atoms with Crippen molar-refractivity contribution in [3.63, 3.8) is 0 Å². The van der Waals surface area contributed by atoms with Gasteiger partial charge in [0.25, 0.3) is 0 Å². The first-order valence-corrected chi connectivity index (χ1v) is 3.41. The molecule has 3 heteroatoms. The smallest absolute Gasteiger partial charge is 0.313 e. The highest BCUT2D eigenvalue weighted by molar-refractivity contribution is 5.76. The fourth-order valence-electron chi connectivity index (χ4n) is 0.928. The van der Waals surface area contributed by atoms with Crippen LogP contribution in [0.5, 0.6) is 0 Å². The predicted molar refractivity (Wildman–Crippen MR) is 35.1 cm³/mol. The third kappa shape index (κ3) is 1.29. The van der Waals surface area contributed by atoms with E-state index in [0.717, 1.165) is 0 Å². The van der Waals surface area contributed by atoms with Crippen molar-refractivity contribution in [3.05, 3.63) is 0 Å². The molecule has 1 unspecified atom stereocenters. The number of hydrogen-bond acceptors (Lipinski definition) is 3. The van der Waals surface area contributed by atoms with Gasteiger partial charge in [0.2, 0.25) is 6.29 Å². The number of aliphatic hydroxyl groups is 1. The van der Waals surface area contributed by atoms with Gasteiger partial charge in [-0.15, -0.1) is 0 Å². The number of carbonyl (C=O) groups excluding carboxylic acids is 1. The minimum atomic E-state index is -0.875. The molecule has 0 spiro atoms. The van der Waals surface area contributed by atoms with Gasteiger partial charge in [-0.2, -0.15) is 0 Å². The summed E-state index contributed by atoms with van der Waals surface area (Å²) in [7, 11) is 0. The Morgan fingerprint density at radius 3 is 2.70 bits per heavy atom. The Bertz CT molecular complexity index is 151. The van der Waals surface area contributed by atoms with E-state index in [-0.39, 0.29) is 5.97 Å². The van der Waals surface area contributed by atoms with E-state index in [2.05, 4.69) is 4.74 Å². The quantitative estimate of drug-likeness (QED) is 0.508. The Labute approximate surface area is 60.0 Å². The summed E-state index contributed by atoms with van der Waals surface area (Å²) in [6.45, 7) is 3.64. The second-order valence-corrected chi connectivity index (χ2v) is 3.28. The fourth-order valence-corrected chi connectivity index (χ4v) is 0.928. The molecule has 1 aliphatic heterocycles. The standard InChI is InChI=1S/C7H12O3/c1-7(2)4-3-5(8)10-6(7)9/h5,8H,3-4H2,1-2H3. The van der Waals surface area contributed by atoms with Crippen molar-refractivity contribution in [1.82, 2.24) is 0 Å². The SMILES string of the molecule is CC1(C)CCC(O)OC1=O. The van der Waals surface area contributed by atoms with Gasteiger partial charge in [-0.05, 0) is 20.3 Å². The molecule has 0 aromatic rings. The summed E-state index contributed by atoms with van der Waals surface area (Å²) in [5.74, 6) is -0.300. The van der Waals surface area contributed by atoms with Crippen molar-refractivity contribution in [2.24, 2.45) is 5.41 Å². The molecule has 1 N–H and O–H groups in total. The van der Waals surface area contributed by atoms with Crippen LogP contribution in [0.1, 0.15) is 26.7 Å². The number of hydrogen-bond donors (Lipinski definition) is 1. The van der Waals surface area contributed by atoms with Gasteiger partial charge in [-0.1, -0.05) is 0 Å². The molecule has 0 saturated carbocycles. The second-order valence-electron chi connectivity index (χ2n) is 3.28. The second kappa shape index (κ2) is 2.23. The van der Waals surface area contributed by atoms with Crippen LogP contribution in [0.15, 0.2) is 0 Å². The summed E-state index contributed by atoms with van der Waals surface area (Å²) in [5, 5.41) is 8.87. The molecule has 0 radical (unpaired) electrons. The van der Waals surface area contributed by atoms with E-state index in [9.17, 15) is 4.79 Å². The highest BCUT2D eigenvalue weighted by atomic mass is 16.6. The number of aliphatic hydroxyl groups excluding tert-OH is 1. The van der Waals surface area contributed by atoms with Crippen LogP contribution in [0.25, 0.3) is 0 Å². The molecule has 58 valence electrons. The number of carbonyl (C=O) groups is 1. The summed E-state index contributed by atoms with van der Waals surface area (Å²) in [5.41, 5.74) is -0.404. The zero-order chi connectivity index (χ0) is 7.78. The molecule has 1 saturated heterocycles. The van der Waals surface area contributed by atoms with Crippen molar-refractivity contribution in [2.75, 3.05) is 0 Å². The normalized spacial score (nSPS) is 31.5. The first-order chi connectivity index (χ1) is 4.52. The fraction of sp³-hybridized carbons (Fsp3) is 0.857. The number of esters is 1. The average Bonchev–Trinajstić information content (AvgIpc) is 1.81. The van der Waals surface area contributed by atoms with Crippen LogP contribution < -0.4 is 0 Å². The number of rotatable bonds is 0. The summed E-state index contributed by atoms with van der Waals surface area (Å²) in [6.07, 6.45) is 0.381. The molecule has 0 amide bonds. The molecule has 3 nitrogen and oxygen atoms in total. The van der Waals surface area contributed by atoms with Crippen molar-refractivity contribution in [1.29, 1.82) is 0 Å². The van der Waals surface area contributed by atoms with E-state index in [4.69, 9.17) is 5.11 Å². The zero-order valence-corrected chi connectivity index (χ0v) is 6.26. The third-order valence-corrected chi connectivity index (χ3v) is 1.81. The van der Waals surface area contributed by atoms with E-state index in [0.29, 0.717) is 12.8 Å². The summed E-state index contributed by atoms with van der Waals surface area (Å²) in [4.78, 5) is 10.9. The van der Waals surface area contributed by atoms with Crippen molar-refractivity contribution in [2.45, 2.75) is 33.0 Å². The van der Waals surface area contributed by atoms with Crippen molar-refractivity contribution >= 4 is 5.97 Å². The number of ether oxygens (including phenoxy) is 1. The molecule has 1 atom stereocenters. The molecule has 0 aromatic carbocycles. The molecule has 10 heavy (non-hydrogen) atoms. The first kappa shape index (κ1) is 7.54. The lowest BCUT2D eigenvalue weighted by atomic mass is 9.86. The van der Waals surface area contributed by atoms with Gasteiger partial charge in [0.05, 0.1) is 5.41 Å². The zero-order valence-electron chi connectivity index (χ0n) is 6.26. The summed E-state index contributed by atoms with van der Waals surface area (Å²) < 4.78 is 4.62. The summed E-state index contributed by atoms with van der Waals surface area (Å²) >= 11 is 0. The van der Waals surface area contributed by atoms with Gasteiger partial charge in [-0.25, -0.2) is 0 Å². The van der Waals surface area contributed by atoms with E-state index in [1.165, 1.54) is 0 Å². The Morgan fingerprint density at radius 1 is 1.70 bits per heavy atom. The van der Waals surface area contributed by atoms with Crippen LogP contribution >= 0.6 is 0 Å². The largest absolute Gasteiger partial charge is 0.436 e. The van der Waals surface area contributed by atoms with Gasteiger partial charge in [0.1, 0.15) is 0 Å². The Balaban J connectivity index is 2.61. The van der Waals surface area contributed by atoms with Crippen LogP contribution in [-0.4, -0.2) is 17.4 Å². The van der Waals surface area contributed by atoms with Gasteiger partial charge < -0.3 is 9.84 Å². The van der Waals surface area contributed by atoms with Crippen LogP contribution in [0.4, 0.5) is 0 Å². The first-order valence-electron chi connectivity index (χ1n) is 3.41. The van der Waals surface area contributed by atoms with Gasteiger partial charge in [0, 0.05) is 6.42 Å². The van der Waals surface area contributed by atoms with Crippen molar-refractivity contribution in [3.8, 4) is 0 Å². The highest BCUT2D eigenvalue weighted by Crippen LogP contribution is 2.30. The van der Waals surface area contributed by atoms with Crippen LogP contribution in [0, 0.1) is 5.41 Å². The molecular weight excluding hydrogens is 132 g/mol. The molecule has 1 fully saturated rings. The molecule has 1 heterocycles. The van der Waals surface area contributed by atoms with E-state index >= 15 is 0 Å². The summed E-state index contributed by atoms with van der Waals surface area (Å²) in [6, 6.07) is 0. The minimum absolute atomic E-state index is 0.300. The molecule has 0 aromatic heterocycles. The van der Waals surface area contributed by atoms with Gasteiger partial charge in [-0.3, -0.25) is 4.79 Å². The van der Waals surface area contributed by atoms with E-state index < -0.39 is 11.7 Å². The molecular formula is C7H12O3. The topological polar surface area (TPSA) is 46.5 Å². The van der Waals surface area contributed by atoms with Crippen LogP contribution in [0.3, 0.4) is 0 Å². The van der Waals surface area contributed by atoms with Crippen molar-refractivity contribution < 1.29 is 14.6 Å². The molecule has 1 aliphatic rings. The maximum Gasteiger partial charge on any atom is 0.313 e. The lowest BCUT2D eigenvalue weighted by Crippen LogP contribution is -2.36. The minimum Gasteiger partial charge on any atom is -0.436 e. The average molecular weight is 144 g/mol. The Morgan fingerprint density at radius 2 is 2.30 bits per heavy atom. The third-order valence-electron chi connectivity index (χ3n) is 1.81. The predicted octanol–water partition coefficient (Wildman–Crippen LogP) is 0.668. The van der Waals surface area contributed by atoms with Gasteiger partial charge in [0.15, 0.2) is 0 Å². The maximum absolute atomic E-state index is 10.9. The lowest BCUT2D eigenvalue weighted by molar-refractivity contribution is -0.191. The van der Waals surface area contributed by atoms with Gasteiger partial charge >= 0.3 is 5.97 Å². The van der Waals surface area contributed by atoms with E-state index in [1.54, 1.807) is 0 Å². The monoisotopic (exact) mass is 144 g/mol. The van der Waals surface area contributed by atoms with Crippen LogP contribution in [-0.2, 0) is 9.53 Å². The Kier molecular flexibility index (Phi) is 1.68. The Hall–Kier alpha value is -0.570. The van der Waals surface area contributed by atoms with Crippen LogP contribution in [0.2, 0.25) is 0 Å². The highest BCUT2D eigenvalue weighted by Gasteiger charge is 2.35. The lowest BCUT2D eigenvalue weighted by Gasteiger charge is -2.30. The molecule has 0 aliphatic carbocycles. The van der Waals surface area contributed by atoms with E-state index in [1.807, 2.05) is 13.8 Å². The maximum atomic E-state index is 10.9. The number of cyclic esters (lactones) is 1. The molecule has 1 rings (SSSR count).